The van der Waals surface area contributed by atoms with Crippen molar-refractivity contribution in [3.63, 3.8) is 0 Å². The van der Waals surface area contributed by atoms with Gasteiger partial charge in [-0.1, -0.05) is 12.1 Å². The molecule has 6 nitrogen and oxygen atoms in total. The van der Waals surface area contributed by atoms with Gasteiger partial charge in [-0.05, 0) is 18.2 Å². The Balaban J connectivity index is 2.71. The molecule has 0 aliphatic carbocycles. The Morgan fingerprint density at radius 1 is 1.33 bits per heavy atom. The third-order valence-electron chi connectivity index (χ3n) is 2.48. The molecule has 2 rings (SSSR count). The third kappa shape index (κ3) is 1.95. The minimum absolute atomic E-state index is 0.147. The molecule has 0 saturated carbocycles. The molecule has 0 bridgehead atoms. The van der Waals surface area contributed by atoms with Crippen LogP contribution in [0.1, 0.15) is 10.5 Å². The molecule has 92 valence electrons. The summed E-state index contributed by atoms with van der Waals surface area (Å²) in [6.45, 7) is 0. The molecule has 2 aromatic rings. The van der Waals surface area contributed by atoms with Crippen molar-refractivity contribution in [2.45, 2.75) is 0 Å². The smallest absolute Gasteiger partial charge is 0.356 e. The maximum atomic E-state index is 11.5. The summed E-state index contributed by atoms with van der Waals surface area (Å²) in [6.07, 6.45) is 0. The third-order valence-corrected chi connectivity index (χ3v) is 2.48. The molecule has 2 N–H and O–H groups in total. The molecule has 1 aromatic heterocycles. The van der Waals surface area contributed by atoms with Crippen LogP contribution in [0, 0.1) is 0 Å². The molecule has 0 atom stereocenters. The van der Waals surface area contributed by atoms with Crippen LogP contribution in [0.25, 0.3) is 11.3 Å². The van der Waals surface area contributed by atoms with E-state index in [4.69, 9.17) is 5.11 Å². The average molecular weight is 246 g/mol. The number of aromatic nitrogens is 2. The number of hydrogen-bond donors (Lipinski definition) is 2. The van der Waals surface area contributed by atoms with Gasteiger partial charge in [-0.15, -0.1) is 0 Å². The molecule has 0 amide bonds. The van der Waals surface area contributed by atoms with Crippen molar-refractivity contribution in [2.75, 3.05) is 0 Å². The first-order valence-corrected chi connectivity index (χ1v) is 5.10. The Morgan fingerprint density at radius 2 is 2.00 bits per heavy atom. The van der Waals surface area contributed by atoms with Gasteiger partial charge >= 0.3 is 5.97 Å². The zero-order chi connectivity index (χ0) is 13.3. The van der Waals surface area contributed by atoms with Crippen molar-refractivity contribution in [3.8, 4) is 17.0 Å². The van der Waals surface area contributed by atoms with Crippen molar-refractivity contribution in [2.24, 2.45) is 7.05 Å². The standard InChI is InChI=1S/C12H10N2O4/c1-14-9(6-8(13-14)12(17)18)7-4-2-3-5-10(15)11(7)16/h2-6H,1H3,(H,15,16)(H,17,18). The Hall–Kier alpha value is -2.63. The highest BCUT2D eigenvalue weighted by Crippen LogP contribution is 2.25. The second kappa shape index (κ2) is 4.33. The van der Waals surface area contributed by atoms with Crippen LogP contribution in [0.2, 0.25) is 0 Å². The van der Waals surface area contributed by atoms with E-state index < -0.39 is 17.1 Å². The first-order chi connectivity index (χ1) is 8.50. The van der Waals surface area contributed by atoms with Crippen molar-refractivity contribution < 1.29 is 15.0 Å². The zero-order valence-electron chi connectivity index (χ0n) is 9.49. The Morgan fingerprint density at radius 3 is 2.61 bits per heavy atom. The quantitative estimate of drug-likeness (QED) is 0.819. The van der Waals surface area contributed by atoms with Crippen molar-refractivity contribution >= 4 is 5.97 Å². The fraction of sp³-hybridized carbons (Fsp3) is 0.0833. The summed E-state index contributed by atoms with van der Waals surface area (Å²) >= 11 is 0. The summed E-state index contributed by atoms with van der Waals surface area (Å²) in [6, 6.07) is 7.15. The van der Waals surface area contributed by atoms with Crippen LogP contribution in [0.3, 0.4) is 0 Å². The maximum absolute atomic E-state index is 11.5. The molecule has 6 heteroatoms. The summed E-state index contributed by atoms with van der Waals surface area (Å²) < 4.78 is 1.30. The lowest BCUT2D eigenvalue weighted by atomic mass is 10.2. The lowest BCUT2D eigenvalue weighted by molar-refractivity contribution is 0.0689. The number of aryl methyl sites for hydroxylation is 1. The topological polar surface area (TPSA) is 92.4 Å². The van der Waals surface area contributed by atoms with E-state index in [0.29, 0.717) is 5.69 Å². The van der Waals surface area contributed by atoms with Crippen LogP contribution in [0.15, 0.2) is 35.1 Å². The first kappa shape index (κ1) is 11.8. The van der Waals surface area contributed by atoms with Gasteiger partial charge in [0.15, 0.2) is 11.4 Å². The van der Waals surface area contributed by atoms with Crippen LogP contribution in [0.4, 0.5) is 0 Å². The van der Waals surface area contributed by atoms with Crippen LogP contribution in [0.5, 0.6) is 5.75 Å². The van der Waals surface area contributed by atoms with Crippen molar-refractivity contribution in [1.82, 2.24) is 9.78 Å². The SMILES string of the molecule is Cn1nc(C(=O)O)cc1-c1ccccc(=O)c1O. The molecule has 0 saturated heterocycles. The normalized spacial score (nSPS) is 10.3. The van der Waals surface area contributed by atoms with Gasteiger partial charge in [0.25, 0.3) is 0 Å². The molecule has 1 aromatic carbocycles. The van der Waals surface area contributed by atoms with E-state index in [1.54, 1.807) is 13.1 Å². The number of carboxylic acids is 1. The van der Waals surface area contributed by atoms with Gasteiger partial charge in [0.05, 0.1) is 5.69 Å². The lowest BCUT2D eigenvalue weighted by Gasteiger charge is -2.00. The number of aromatic carboxylic acids is 1. The minimum Gasteiger partial charge on any atom is -0.504 e. The molecule has 0 aliphatic rings. The Kier molecular flexibility index (Phi) is 2.85. The van der Waals surface area contributed by atoms with Gasteiger partial charge < -0.3 is 10.2 Å². The summed E-state index contributed by atoms with van der Waals surface area (Å²) in [7, 11) is 1.54. The second-order valence-corrected chi connectivity index (χ2v) is 3.69. The fourth-order valence-corrected chi connectivity index (χ4v) is 1.62. The largest absolute Gasteiger partial charge is 0.504 e. The molecular weight excluding hydrogens is 236 g/mol. The van der Waals surface area contributed by atoms with Crippen LogP contribution in [-0.4, -0.2) is 26.0 Å². The highest BCUT2D eigenvalue weighted by atomic mass is 16.4. The van der Waals surface area contributed by atoms with Crippen LogP contribution < -0.4 is 5.43 Å². The van der Waals surface area contributed by atoms with Crippen LogP contribution >= 0.6 is 0 Å². The molecule has 1 heterocycles. The monoisotopic (exact) mass is 246 g/mol. The number of carbonyl (C=O) groups is 1. The predicted octanol–water partition coefficient (Wildman–Crippen LogP) is 0.851. The highest BCUT2D eigenvalue weighted by Gasteiger charge is 2.15. The van der Waals surface area contributed by atoms with Crippen molar-refractivity contribution in [3.05, 3.63) is 46.2 Å². The maximum Gasteiger partial charge on any atom is 0.356 e. The molecular formula is C12H10N2O4. The summed E-state index contributed by atoms with van der Waals surface area (Å²) in [5.41, 5.74) is -0.0790. The number of hydrogen-bond acceptors (Lipinski definition) is 4. The van der Waals surface area contributed by atoms with E-state index >= 15 is 0 Å². The van der Waals surface area contributed by atoms with Crippen LogP contribution in [-0.2, 0) is 7.05 Å². The van der Waals surface area contributed by atoms with E-state index in [9.17, 15) is 14.7 Å². The van der Waals surface area contributed by atoms with Gasteiger partial charge in [0, 0.05) is 12.6 Å². The van der Waals surface area contributed by atoms with Gasteiger partial charge in [-0.25, -0.2) is 4.79 Å². The molecule has 0 radical (unpaired) electrons. The Bertz CT molecular complexity index is 676. The fourth-order valence-electron chi connectivity index (χ4n) is 1.62. The predicted molar refractivity (Wildman–Crippen MR) is 63.5 cm³/mol. The number of aromatic hydroxyl groups is 1. The Labute approximate surface area is 102 Å². The number of carboxylic acid groups (broad SMARTS) is 1. The van der Waals surface area contributed by atoms with Gasteiger partial charge in [0.1, 0.15) is 0 Å². The van der Waals surface area contributed by atoms with E-state index in [1.165, 1.54) is 28.9 Å². The summed E-state index contributed by atoms with van der Waals surface area (Å²) in [5.74, 6) is -1.60. The minimum atomic E-state index is -1.17. The second-order valence-electron chi connectivity index (χ2n) is 3.69. The van der Waals surface area contributed by atoms with E-state index in [1.807, 2.05) is 0 Å². The average Bonchev–Trinajstić information content (AvgIpc) is 2.62. The number of nitrogens with zero attached hydrogens (tertiary/aromatic N) is 2. The zero-order valence-corrected chi connectivity index (χ0v) is 9.49. The lowest BCUT2D eigenvalue weighted by Crippen LogP contribution is -2.00. The van der Waals surface area contributed by atoms with Gasteiger partial charge in [-0.3, -0.25) is 9.48 Å². The summed E-state index contributed by atoms with van der Waals surface area (Å²) in [4.78, 5) is 22.3. The van der Waals surface area contributed by atoms with E-state index in [2.05, 4.69) is 5.10 Å². The van der Waals surface area contributed by atoms with E-state index in [-0.39, 0.29) is 11.3 Å². The van der Waals surface area contributed by atoms with Gasteiger partial charge in [-0.2, -0.15) is 5.10 Å². The molecule has 0 aliphatic heterocycles. The first-order valence-electron chi connectivity index (χ1n) is 5.10. The van der Waals surface area contributed by atoms with Crippen molar-refractivity contribution in [1.29, 1.82) is 0 Å². The molecule has 18 heavy (non-hydrogen) atoms. The highest BCUT2D eigenvalue weighted by molar-refractivity contribution is 5.87. The molecule has 0 unspecified atom stereocenters. The molecule has 0 spiro atoms. The summed E-state index contributed by atoms with van der Waals surface area (Å²) in [5, 5.41) is 22.4. The molecule has 0 fully saturated rings. The number of rotatable bonds is 2. The van der Waals surface area contributed by atoms with E-state index in [0.717, 1.165) is 0 Å². The van der Waals surface area contributed by atoms with Gasteiger partial charge in [0.2, 0.25) is 5.43 Å².